The van der Waals surface area contributed by atoms with Crippen molar-refractivity contribution in [2.24, 2.45) is 0 Å². The van der Waals surface area contributed by atoms with Crippen LogP contribution in [-0.4, -0.2) is 20.2 Å². The fourth-order valence-electron chi connectivity index (χ4n) is 0.969. The molecule has 2 heterocycles. The van der Waals surface area contributed by atoms with Crippen LogP contribution in [0.3, 0.4) is 0 Å². The summed E-state index contributed by atoms with van der Waals surface area (Å²) in [7, 11) is 0. The maximum absolute atomic E-state index is 5.94. The van der Waals surface area contributed by atoms with Gasteiger partial charge in [-0.3, -0.25) is 0 Å². The number of hydrogen-bond donors (Lipinski definition) is 0. The van der Waals surface area contributed by atoms with Gasteiger partial charge in [0.2, 0.25) is 0 Å². The zero-order chi connectivity index (χ0) is 9.26. The minimum Gasteiger partial charge on any atom is -0.225 e. The van der Waals surface area contributed by atoms with Crippen LogP contribution >= 0.6 is 22.9 Å². The smallest absolute Gasteiger partial charge is 0.148 e. The number of aromatic nitrogens is 4. The van der Waals surface area contributed by atoms with Crippen LogP contribution in [0.5, 0.6) is 0 Å². The molecule has 0 saturated carbocycles. The highest BCUT2D eigenvalue weighted by molar-refractivity contribution is 7.10. The Kier molecular flexibility index (Phi) is 2.28. The van der Waals surface area contributed by atoms with Crippen molar-refractivity contribution in [1.82, 2.24) is 20.2 Å². The molecule has 0 aliphatic rings. The summed E-state index contributed by atoms with van der Waals surface area (Å²) in [6, 6.07) is 1.88. The van der Waals surface area contributed by atoms with E-state index in [9.17, 15) is 0 Å². The van der Waals surface area contributed by atoms with Crippen molar-refractivity contribution in [1.29, 1.82) is 0 Å². The van der Waals surface area contributed by atoms with E-state index < -0.39 is 0 Å². The molecular formula is C7H7ClN4S. The third-order valence-electron chi connectivity index (χ3n) is 1.70. The molecule has 0 atom stereocenters. The van der Waals surface area contributed by atoms with Crippen molar-refractivity contribution in [3.63, 3.8) is 0 Å². The largest absolute Gasteiger partial charge is 0.225 e. The van der Waals surface area contributed by atoms with Gasteiger partial charge in [-0.2, -0.15) is 0 Å². The second kappa shape index (κ2) is 3.43. The van der Waals surface area contributed by atoms with E-state index in [4.69, 9.17) is 11.6 Å². The van der Waals surface area contributed by atoms with E-state index >= 15 is 0 Å². The SMILES string of the molecule is Cc1nnnn1Cc1sccc1Cl. The monoisotopic (exact) mass is 214 g/mol. The summed E-state index contributed by atoms with van der Waals surface area (Å²) in [4.78, 5) is 1.08. The molecule has 2 aromatic rings. The van der Waals surface area contributed by atoms with Gasteiger partial charge in [0.15, 0.2) is 0 Å². The molecule has 4 nitrogen and oxygen atoms in total. The van der Waals surface area contributed by atoms with Crippen molar-refractivity contribution in [2.45, 2.75) is 13.5 Å². The first-order valence-electron chi connectivity index (χ1n) is 3.72. The molecule has 0 amide bonds. The lowest BCUT2D eigenvalue weighted by Gasteiger charge is -1.98. The van der Waals surface area contributed by atoms with E-state index in [2.05, 4.69) is 15.5 Å². The van der Waals surface area contributed by atoms with Crippen LogP contribution in [-0.2, 0) is 6.54 Å². The predicted octanol–water partition coefficient (Wildman–Crippen LogP) is 1.74. The number of tetrazole rings is 1. The number of aryl methyl sites for hydroxylation is 1. The lowest BCUT2D eigenvalue weighted by Crippen LogP contribution is -2.02. The van der Waals surface area contributed by atoms with Crippen LogP contribution in [0.4, 0.5) is 0 Å². The molecule has 0 saturated heterocycles. The van der Waals surface area contributed by atoms with Gasteiger partial charge in [-0.05, 0) is 28.8 Å². The van der Waals surface area contributed by atoms with E-state index in [1.807, 2.05) is 18.4 Å². The second-order valence-corrected chi connectivity index (χ2v) is 3.98. The summed E-state index contributed by atoms with van der Waals surface area (Å²) < 4.78 is 1.72. The van der Waals surface area contributed by atoms with Crippen LogP contribution in [0, 0.1) is 6.92 Å². The van der Waals surface area contributed by atoms with E-state index in [1.165, 1.54) is 0 Å². The number of rotatable bonds is 2. The second-order valence-electron chi connectivity index (χ2n) is 2.58. The average molecular weight is 215 g/mol. The number of halogens is 1. The molecule has 0 spiro atoms. The van der Waals surface area contributed by atoms with E-state index in [0.717, 1.165) is 15.7 Å². The molecule has 0 radical (unpaired) electrons. The minimum absolute atomic E-state index is 0.648. The van der Waals surface area contributed by atoms with Crippen molar-refractivity contribution < 1.29 is 0 Å². The summed E-state index contributed by atoms with van der Waals surface area (Å²) in [5.74, 6) is 0.796. The first-order valence-corrected chi connectivity index (χ1v) is 4.98. The molecule has 0 unspecified atom stereocenters. The van der Waals surface area contributed by atoms with Gasteiger partial charge in [-0.15, -0.1) is 16.4 Å². The van der Waals surface area contributed by atoms with Crippen LogP contribution in [0.25, 0.3) is 0 Å². The first-order chi connectivity index (χ1) is 6.27. The Labute approximate surface area is 84.1 Å². The number of hydrogen-bond acceptors (Lipinski definition) is 4. The van der Waals surface area contributed by atoms with Gasteiger partial charge in [0.25, 0.3) is 0 Å². The van der Waals surface area contributed by atoms with Crippen LogP contribution in [0.2, 0.25) is 5.02 Å². The maximum Gasteiger partial charge on any atom is 0.148 e. The summed E-state index contributed by atoms with van der Waals surface area (Å²) in [5, 5.41) is 13.9. The Morgan fingerprint density at radius 1 is 1.62 bits per heavy atom. The van der Waals surface area contributed by atoms with E-state index in [-0.39, 0.29) is 0 Å². The number of thiophene rings is 1. The Hall–Kier alpha value is -0.940. The zero-order valence-electron chi connectivity index (χ0n) is 6.94. The van der Waals surface area contributed by atoms with Crippen molar-refractivity contribution in [3.05, 3.63) is 27.2 Å². The lowest BCUT2D eigenvalue weighted by molar-refractivity contribution is 0.639. The van der Waals surface area contributed by atoms with Crippen LogP contribution in [0.15, 0.2) is 11.4 Å². The van der Waals surface area contributed by atoms with Gasteiger partial charge >= 0.3 is 0 Å². The van der Waals surface area contributed by atoms with Gasteiger partial charge < -0.3 is 0 Å². The van der Waals surface area contributed by atoms with Gasteiger partial charge in [0.1, 0.15) is 5.82 Å². The van der Waals surface area contributed by atoms with E-state index in [1.54, 1.807) is 16.0 Å². The van der Waals surface area contributed by atoms with Crippen molar-refractivity contribution >= 4 is 22.9 Å². The van der Waals surface area contributed by atoms with Crippen molar-refractivity contribution in [3.8, 4) is 0 Å². The molecule has 0 aliphatic carbocycles. The molecule has 0 N–H and O–H groups in total. The molecule has 68 valence electrons. The van der Waals surface area contributed by atoms with Crippen molar-refractivity contribution in [2.75, 3.05) is 0 Å². The average Bonchev–Trinajstić information content (AvgIpc) is 2.65. The normalized spacial score (nSPS) is 10.6. The fourth-order valence-corrected chi connectivity index (χ4v) is 2.05. The van der Waals surface area contributed by atoms with Gasteiger partial charge in [-0.25, -0.2) is 4.68 Å². The van der Waals surface area contributed by atoms with Crippen LogP contribution in [0.1, 0.15) is 10.7 Å². The Morgan fingerprint density at radius 3 is 3.00 bits per heavy atom. The molecule has 0 bridgehead atoms. The first kappa shape index (κ1) is 8.65. The predicted molar refractivity (Wildman–Crippen MR) is 51.0 cm³/mol. The molecule has 2 aromatic heterocycles. The van der Waals surface area contributed by atoms with E-state index in [0.29, 0.717) is 6.54 Å². The topological polar surface area (TPSA) is 43.6 Å². The standard InChI is InChI=1S/C7H7ClN4S/c1-5-9-10-11-12(5)4-7-6(8)2-3-13-7/h2-3H,4H2,1H3. The summed E-state index contributed by atoms with van der Waals surface area (Å²) >= 11 is 7.55. The Bertz CT molecular complexity index is 370. The summed E-state index contributed by atoms with van der Waals surface area (Å²) in [6.07, 6.45) is 0. The summed E-state index contributed by atoms with van der Waals surface area (Å²) in [5.41, 5.74) is 0. The Morgan fingerprint density at radius 2 is 2.46 bits per heavy atom. The molecule has 0 aromatic carbocycles. The molecular weight excluding hydrogens is 208 g/mol. The molecule has 0 fully saturated rings. The Balaban J connectivity index is 2.24. The van der Waals surface area contributed by atoms with Crippen LogP contribution < -0.4 is 0 Å². The molecule has 2 rings (SSSR count). The highest BCUT2D eigenvalue weighted by Crippen LogP contribution is 2.22. The minimum atomic E-state index is 0.648. The maximum atomic E-state index is 5.94. The highest BCUT2D eigenvalue weighted by Gasteiger charge is 2.05. The van der Waals surface area contributed by atoms with Gasteiger partial charge in [-0.1, -0.05) is 11.6 Å². The molecule has 13 heavy (non-hydrogen) atoms. The molecule has 0 aliphatic heterocycles. The third kappa shape index (κ3) is 1.71. The molecule has 6 heteroatoms. The lowest BCUT2D eigenvalue weighted by atomic mass is 10.4. The zero-order valence-corrected chi connectivity index (χ0v) is 8.51. The van der Waals surface area contributed by atoms with Gasteiger partial charge in [0, 0.05) is 4.88 Å². The third-order valence-corrected chi connectivity index (χ3v) is 3.07. The fraction of sp³-hybridized carbons (Fsp3) is 0.286. The highest BCUT2D eigenvalue weighted by atomic mass is 35.5. The van der Waals surface area contributed by atoms with Gasteiger partial charge in [0.05, 0.1) is 11.6 Å². The summed E-state index contributed by atoms with van der Waals surface area (Å²) in [6.45, 7) is 2.51. The number of nitrogens with zero attached hydrogens (tertiary/aromatic N) is 4. The quantitative estimate of drug-likeness (QED) is 0.765.